The van der Waals surface area contributed by atoms with E-state index in [9.17, 15) is 5.11 Å². The van der Waals surface area contributed by atoms with Gasteiger partial charge in [-0.3, -0.25) is 0 Å². The number of aliphatic hydroxyl groups is 1. The predicted molar refractivity (Wildman–Crippen MR) is 63.7 cm³/mol. The van der Waals surface area contributed by atoms with Gasteiger partial charge in [-0.1, -0.05) is 19.0 Å². The lowest BCUT2D eigenvalue weighted by Gasteiger charge is -2.19. The van der Waals surface area contributed by atoms with E-state index in [1.807, 2.05) is 20.8 Å². The number of rotatable bonds is 6. The number of aromatic nitrogens is 2. The minimum atomic E-state index is -0.497. The normalized spacial score (nSPS) is 17.1. The Labute approximate surface area is 102 Å². The second kappa shape index (κ2) is 6.12. The Balaban J connectivity index is 2.78. The van der Waals surface area contributed by atoms with Crippen molar-refractivity contribution in [2.45, 2.75) is 52.2 Å². The van der Waals surface area contributed by atoms with Crippen LogP contribution in [0.3, 0.4) is 0 Å². The second-order valence-electron chi connectivity index (χ2n) is 4.81. The van der Waals surface area contributed by atoms with Crippen molar-refractivity contribution in [2.24, 2.45) is 5.92 Å². The van der Waals surface area contributed by atoms with Gasteiger partial charge >= 0.3 is 0 Å². The molecule has 1 aromatic rings. The van der Waals surface area contributed by atoms with Crippen LogP contribution in [-0.4, -0.2) is 34.6 Å². The summed E-state index contributed by atoms with van der Waals surface area (Å²) < 4.78 is 10.4. The van der Waals surface area contributed by atoms with E-state index in [-0.39, 0.29) is 17.9 Å². The summed E-state index contributed by atoms with van der Waals surface area (Å²) in [5.41, 5.74) is 0. The zero-order valence-electron chi connectivity index (χ0n) is 11.2. The molecule has 0 bridgehead atoms. The SMILES string of the molecule is COC(C)Cc1noc(C(C(C)C)C(C)O)n1. The number of hydrogen-bond donors (Lipinski definition) is 1. The van der Waals surface area contributed by atoms with Crippen molar-refractivity contribution in [3.8, 4) is 0 Å². The Morgan fingerprint density at radius 1 is 1.29 bits per heavy atom. The molecule has 0 saturated heterocycles. The van der Waals surface area contributed by atoms with Crippen LogP contribution in [0.25, 0.3) is 0 Å². The molecular weight excluding hydrogens is 220 g/mol. The van der Waals surface area contributed by atoms with Crippen molar-refractivity contribution in [3.05, 3.63) is 11.7 Å². The topological polar surface area (TPSA) is 68.4 Å². The van der Waals surface area contributed by atoms with Gasteiger partial charge in [0.15, 0.2) is 5.82 Å². The molecule has 0 aliphatic carbocycles. The minimum Gasteiger partial charge on any atom is -0.393 e. The van der Waals surface area contributed by atoms with Gasteiger partial charge in [-0.2, -0.15) is 4.98 Å². The molecule has 0 radical (unpaired) electrons. The lowest BCUT2D eigenvalue weighted by Crippen LogP contribution is -2.20. The van der Waals surface area contributed by atoms with Crippen LogP contribution < -0.4 is 0 Å². The number of ether oxygens (including phenoxy) is 1. The van der Waals surface area contributed by atoms with E-state index < -0.39 is 6.10 Å². The molecule has 1 rings (SSSR count). The maximum Gasteiger partial charge on any atom is 0.232 e. The van der Waals surface area contributed by atoms with Gasteiger partial charge in [-0.15, -0.1) is 0 Å². The summed E-state index contributed by atoms with van der Waals surface area (Å²) in [6, 6.07) is 0. The van der Waals surface area contributed by atoms with Gasteiger partial charge in [0.05, 0.1) is 18.1 Å². The van der Waals surface area contributed by atoms with Crippen LogP contribution in [0.2, 0.25) is 0 Å². The van der Waals surface area contributed by atoms with Gasteiger partial charge in [-0.05, 0) is 19.8 Å². The molecule has 5 nitrogen and oxygen atoms in total. The van der Waals surface area contributed by atoms with Gasteiger partial charge in [0.1, 0.15) is 0 Å². The van der Waals surface area contributed by atoms with Crippen LogP contribution in [0.5, 0.6) is 0 Å². The average Bonchev–Trinajstić information content (AvgIpc) is 2.64. The molecule has 0 spiro atoms. The van der Waals surface area contributed by atoms with Crippen molar-refractivity contribution in [3.63, 3.8) is 0 Å². The summed E-state index contributed by atoms with van der Waals surface area (Å²) in [6.07, 6.45) is 0.178. The number of nitrogens with zero attached hydrogens (tertiary/aromatic N) is 2. The summed E-state index contributed by atoms with van der Waals surface area (Å²) in [4.78, 5) is 4.32. The molecule has 5 heteroatoms. The van der Waals surface area contributed by atoms with E-state index in [2.05, 4.69) is 10.1 Å². The highest BCUT2D eigenvalue weighted by Crippen LogP contribution is 2.26. The van der Waals surface area contributed by atoms with E-state index in [0.29, 0.717) is 18.1 Å². The molecule has 0 aliphatic heterocycles. The Hall–Kier alpha value is -0.940. The van der Waals surface area contributed by atoms with Gasteiger partial charge in [0.2, 0.25) is 5.89 Å². The van der Waals surface area contributed by atoms with E-state index in [1.165, 1.54) is 0 Å². The van der Waals surface area contributed by atoms with Crippen molar-refractivity contribution in [1.82, 2.24) is 10.1 Å². The highest BCUT2D eigenvalue weighted by Gasteiger charge is 2.27. The van der Waals surface area contributed by atoms with E-state index in [1.54, 1.807) is 14.0 Å². The fourth-order valence-electron chi connectivity index (χ4n) is 1.87. The van der Waals surface area contributed by atoms with Gasteiger partial charge in [0.25, 0.3) is 0 Å². The molecule has 1 heterocycles. The molecule has 3 unspecified atom stereocenters. The largest absolute Gasteiger partial charge is 0.393 e. The molecule has 17 heavy (non-hydrogen) atoms. The predicted octanol–water partition coefficient (Wildman–Crippen LogP) is 1.77. The summed E-state index contributed by atoms with van der Waals surface area (Å²) >= 11 is 0. The fourth-order valence-corrected chi connectivity index (χ4v) is 1.87. The van der Waals surface area contributed by atoms with Crippen LogP contribution in [-0.2, 0) is 11.2 Å². The third-order valence-corrected chi connectivity index (χ3v) is 2.88. The van der Waals surface area contributed by atoms with E-state index in [4.69, 9.17) is 9.26 Å². The summed E-state index contributed by atoms with van der Waals surface area (Å²) in [5.74, 6) is 1.27. The maximum atomic E-state index is 9.72. The summed E-state index contributed by atoms with van der Waals surface area (Å²) in [7, 11) is 1.65. The van der Waals surface area contributed by atoms with Gasteiger partial charge < -0.3 is 14.4 Å². The van der Waals surface area contributed by atoms with Crippen molar-refractivity contribution < 1.29 is 14.4 Å². The van der Waals surface area contributed by atoms with Crippen LogP contribution >= 0.6 is 0 Å². The quantitative estimate of drug-likeness (QED) is 0.823. The number of methoxy groups -OCH3 is 1. The second-order valence-corrected chi connectivity index (χ2v) is 4.81. The third-order valence-electron chi connectivity index (χ3n) is 2.88. The van der Waals surface area contributed by atoms with E-state index >= 15 is 0 Å². The molecule has 0 saturated carbocycles. The minimum absolute atomic E-state index is 0.0597. The first-order valence-electron chi connectivity index (χ1n) is 5.99. The molecule has 1 aromatic heterocycles. The maximum absolute atomic E-state index is 9.72. The van der Waals surface area contributed by atoms with Crippen molar-refractivity contribution >= 4 is 0 Å². The molecule has 0 amide bonds. The van der Waals surface area contributed by atoms with Crippen molar-refractivity contribution in [2.75, 3.05) is 7.11 Å². The molecule has 0 aromatic carbocycles. The van der Waals surface area contributed by atoms with E-state index in [0.717, 1.165) is 0 Å². The van der Waals surface area contributed by atoms with Crippen molar-refractivity contribution in [1.29, 1.82) is 0 Å². The molecule has 98 valence electrons. The smallest absolute Gasteiger partial charge is 0.232 e. The Kier molecular flexibility index (Phi) is 5.08. The Morgan fingerprint density at radius 2 is 1.94 bits per heavy atom. The van der Waals surface area contributed by atoms with Crippen LogP contribution in [0.1, 0.15) is 45.3 Å². The number of hydrogen-bond acceptors (Lipinski definition) is 5. The molecule has 0 aliphatic rings. The molecular formula is C12H22N2O3. The summed E-state index contributed by atoms with van der Waals surface area (Å²) in [5, 5.41) is 13.6. The highest BCUT2D eigenvalue weighted by molar-refractivity contribution is 4.98. The molecule has 3 atom stereocenters. The van der Waals surface area contributed by atoms with Gasteiger partial charge in [0, 0.05) is 13.5 Å². The van der Waals surface area contributed by atoms with Crippen LogP contribution in [0.15, 0.2) is 4.52 Å². The number of aliphatic hydroxyl groups excluding tert-OH is 1. The lowest BCUT2D eigenvalue weighted by atomic mass is 9.91. The molecule has 0 fully saturated rings. The van der Waals surface area contributed by atoms with Crippen LogP contribution in [0, 0.1) is 5.92 Å². The standard InChI is InChI=1S/C12H22N2O3/c1-7(2)11(9(4)15)12-13-10(14-17-12)6-8(3)16-5/h7-9,11,15H,6H2,1-5H3. The van der Waals surface area contributed by atoms with Crippen LogP contribution in [0.4, 0.5) is 0 Å². The Morgan fingerprint density at radius 3 is 2.41 bits per heavy atom. The monoisotopic (exact) mass is 242 g/mol. The lowest BCUT2D eigenvalue weighted by molar-refractivity contribution is 0.116. The fraction of sp³-hybridized carbons (Fsp3) is 0.833. The zero-order chi connectivity index (χ0) is 13.0. The summed E-state index contributed by atoms with van der Waals surface area (Å²) in [6.45, 7) is 7.75. The first-order valence-corrected chi connectivity index (χ1v) is 5.99. The third kappa shape index (κ3) is 3.78. The van der Waals surface area contributed by atoms with Gasteiger partial charge in [-0.25, -0.2) is 0 Å². The average molecular weight is 242 g/mol. The first kappa shape index (κ1) is 14.1. The Bertz CT molecular complexity index is 328. The zero-order valence-corrected chi connectivity index (χ0v) is 11.2. The molecule has 1 N–H and O–H groups in total. The highest BCUT2D eigenvalue weighted by atomic mass is 16.5. The first-order chi connectivity index (χ1) is 7.95.